The number of piperidine rings is 1. The molecule has 22 heavy (non-hydrogen) atoms. The third kappa shape index (κ3) is 2.36. The highest BCUT2D eigenvalue weighted by Gasteiger charge is 2.32. The van der Waals surface area contributed by atoms with Crippen LogP contribution in [0.4, 0.5) is 0 Å². The largest absolute Gasteiger partial charge is 0.348 e. The molecule has 1 N–H and O–H groups in total. The average Bonchev–Trinajstić information content (AvgIpc) is 3.09. The van der Waals surface area contributed by atoms with Gasteiger partial charge < -0.3 is 14.6 Å². The van der Waals surface area contributed by atoms with Gasteiger partial charge in [-0.1, -0.05) is 0 Å². The summed E-state index contributed by atoms with van der Waals surface area (Å²) in [7, 11) is 0. The maximum atomic E-state index is 12.5. The predicted molar refractivity (Wildman–Crippen MR) is 82.5 cm³/mol. The van der Waals surface area contributed by atoms with Gasteiger partial charge in [0.25, 0.3) is 5.91 Å². The molecule has 2 aliphatic heterocycles. The van der Waals surface area contributed by atoms with Crippen LogP contribution < -0.4 is 5.32 Å². The van der Waals surface area contributed by atoms with Gasteiger partial charge in [0.2, 0.25) is 0 Å². The van der Waals surface area contributed by atoms with Crippen molar-refractivity contribution >= 4 is 11.4 Å². The Balaban J connectivity index is 1.51. The first-order valence-corrected chi connectivity index (χ1v) is 7.76. The highest BCUT2D eigenvalue weighted by molar-refractivity contribution is 5.94. The summed E-state index contributed by atoms with van der Waals surface area (Å²) in [4.78, 5) is 14.9. The maximum Gasteiger partial charge on any atom is 0.253 e. The quantitative estimate of drug-likeness (QED) is 0.916. The molecule has 3 atom stereocenters. The van der Waals surface area contributed by atoms with Gasteiger partial charge in [-0.3, -0.25) is 4.79 Å². The molecule has 2 aromatic rings. The minimum Gasteiger partial charge on any atom is -0.348 e. The molecule has 4 heterocycles. The Bertz CT molecular complexity index is 761. The summed E-state index contributed by atoms with van der Waals surface area (Å²) in [5.41, 5.74) is 2.17. The lowest BCUT2D eigenvalue weighted by Crippen LogP contribution is -2.47. The summed E-state index contributed by atoms with van der Waals surface area (Å²) in [6.45, 7) is 3.33. The second-order valence-corrected chi connectivity index (χ2v) is 6.41. The van der Waals surface area contributed by atoms with Gasteiger partial charge >= 0.3 is 0 Å². The standard InChI is InChI=1S/C17H18N4O/c18-7-13-6-16-2-1-14(10-21(16)9-13)17(22)19-15-5-12-3-4-20(8-12)11-15/h1-2,6,9-10,12,15H,3-5,8,11H2,(H,19,22). The zero-order valence-corrected chi connectivity index (χ0v) is 12.3. The van der Waals surface area contributed by atoms with Gasteiger partial charge in [0.05, 0.1) is 11.1 Å². The number of carbonyl (C=O) groups excluding carboxylic acids is 1. The zero-order valence-electron chi connectivity index (χ0n) is 12.3. The molecule has 0 saturated carbocycles. The third-order valence-electron chi connectivity index (χ3n) is 4.78. The topological polar surface area (TPSA) is 60.5 Å². The van der Waals surface area contributed by atoms with Gasteiger partial charge in [-0.15, -0.1) is 0 Å². The fourth-order valence-corrected chi connectivity index (χ4v) is 3.74. The summed E-state index contributed by atoms with van der Waals surface area (Å²) in [5, 5.41) is 12.1. The van der Waals surface area contributed by atoms with Crippen molar-refractivity contribution < 1.29 is 4.79 Å². The highest BCUT2D eigenvalue weighted by atomic mass is 16.1. The lowest BCUT2D eigenvalue weighted by atomic mass is 9.96. The Morgan fingerprint density at radius 3 is 3.05 bits per heavy atom. The van der Waals surface area contributed by atoms with Crippen LogP contribution in [-0.4, -0.2) is 40.9 Å². The van der Waals surface area contributed by atoms with E-state index in [0.29, 0.717) is 11.1 Å². The van der Waals surface area contributed by atoms with Crippen LogP contribution in [0.5, 0.6) is 0 Å². The molecule has 112 valence electrons. The molecule has 2 saturated heterocycles. The first kappa shape index (κ1) is 13.4. The van der Waals surface area contributed by atoms with Crippen LogP contribution in [0, 0.1) is 17.2 Å². The summed E-state index contributed by atoms with van der Waals surface area (Å²) in [6.07, 6.45) is 5.90. The second kappa shape index (κ2) is 5.15. The number of rotatable bonds is 2. The van der Waals surface area contributed by atoms with E-state index < -0.39 is 0 Å². The molecular formula is C17H18N4O. The van der Waals surface area contributed by atoms with Gasteiger partial charge in [-0.25, -0.2) is 0 Å². The van der Waals surface area contributed by atoms with Crippen LogP contribution in [-0.2, 0) is 0 Å². The number of carbonyl (C=O) groups is 1. The van der Waals surface area contributed by atoms with Gasteiger partial charge in [0, 0.05) is 37.0 Å². The van der Waals surface area contributed by atoms with E-state index in [1.807, 2.05) is 22.6 Å². The number of amides is 1. The zero-order chi connectivity index (χ0) is 15.1. The lowest BCUT2D eigenvalue weighted by molar-refractivity contribution is 0.0909. The number of nitrogens with zero attached hydrogens (tertiary/aromatic N) is 3. The first-order valence-electron chi connectivity index (χ1n) is 7.76. The van der Waals surface area contributed by atoms with Crippen molar-refractivity contribution in [3.05, 3.63) is 41.7 Å². The first-order chi connectivity index (χ1) is 10.7. The lowest BCUT2D eigenvalue weighted by Gasteiger charge is -2.30. The van der Waals surface area contributed by atoms with Crippen LogP contribution in [0.25, 0.3) is 5.52 Å². The van der Waals surface area contributed by atoms with Crippen LogP contribution in [0.3, 0.4) is 0 Å². The van der Waals surface area contributed by atoms with E-state index in [4.69, 9.17) is 5.26 Å². The van der Waals surface area contributed by atoms with Gasteiger partial charge in [0.15, 0.2) is 0 Å². The fourth-order valence-electron chi connectivity index (χ4n) is 3.74. The summed E-state index contributed by atoms with van der Waals surface area (Å²) in [5.74, 6) is 0.714. The second-order valence-electron chi connectivity index (χ2n) is 6.41. The van der Waals surface area contributed by atoms with Crippen molar-refractivity contribution in [3.63, 3.8) is 0 Å². The number of hydrogen-bond donors (Lipinski definition) is 1. The van der Waals surface area contributed by atoms with Crippen LogP contribution in [0.2, 0.25) is 0 Å². The van der Waals surface area contributed by atoms with Gasteiger partial charge in [-0.05, 0) is 43.5 Å². The minimum absolute atomic E-state index is 0.0263. The molecule has 4 rings (SSSR count). The van der Waals surface area contributed by atoms with Crippen molar-refractivity contribution in [3.8, 4) is 6.07 Å². The van der Waals surface area contributed by atoms with Crippen molar-refractivity contribution in [2.45, 2.75) is 18.9 Å². The Morgan fingerprint density at radius 1 is 1.32 bits per heavy atom. The van der Waals surface area contributed by atoms with Crippen molar-refractivity contribution in [2.75, 3.05) is 19.6 Å². The van der Waals surface area contributed by atoms with E-state index in [-0.39, 0.29) is 11.9 Å². The van der Waals surface area contributed by atoms with Crippen molar-refractivity contribution in [1.82, 2.24) is 14.6 Å². The molecule has 0 aromatic carbocycles. The monoisotopic (exact) mass is 294 g/mol. The molecule has 2 aliphatic rings. The van der Waals surface area contributed by atoms with Crippen LogP contribution in [0.15, 0.2) is 30.6 Å². The van der Waals surface area contributed by atoms with E-state index in [0.717, 1.165) is 24.4 Å². The number of nitriles is 1. The number of hydrogen-bond acceptors (Lipinski definition) is 3. The average molecular weight is 294 g/mol. The molecule has 1 amide bonds. The Kier molecular flexibility index (Phi) is 3.12. The normalized spacial score (nSPS) is 26.8. The summed E-state index contributed by atoms with van der Waals surface area (Å²) < 4.78 is 1.83. The minimum atomic E-state index is -0.0263. The Morgan fingerprint density at radius 2 is 2.23 bits per heavy atom. The van der Waals surface area contributed by atoms with Gasteiger partial charge in [-0.2, -0.15) is 5.26 Å². The number of fused-ring (bicyclic) bond motifs is 3. The van der Waals surface area contributed by atoms with Crippen LogP contribution >= 0.6 is 0 Å². The Hall–Kier alpha value is -2.32. The molecule has 0 spiro atoms. The third-order valence-corrected chi connectivity index (χ3v) is 4.78. The molecule has 2 fully saturated rings. The van der Waals surface area contributed by atoms with E-state index in [1.165, 1.54) is 19.5 Å². The molecule has 2 aromatic heterocycles. The SMILES string of the molecule is N#Cc1cc2ccc(C(=O)NC3CC4CCN(C4)C3)cn2c1. The fraction of sp³-hybridized carbons (Fsp3) is 0.412. The molecule has 3 unspecified atom stereocenters. The van der Waals surface area contributed by atoms with E-state index in [2.05, 4.69) is 16.3 Å². The van der Waals surface area contributed by atoms with E-state index in [1.54, 1.807) is 12.4 Å². The maximum absolute atomic E-state index is 12.5. The highest BCUT2D eigenvalue weighted by Crippen LogP contribution is 2.26. The van der Waals surface area contributed by atoms with E-state index in [9.17, 15) is 4.79 Å². The van der Waals surface area contributed by atoms with Gasteiger partial charge in [0.1, 0.15) is 6.07 Å². The number of aromatic nitrogens is 1. The molecular weight excluding hydrogens is 276 g/mol. The van der Waals surface area contributed by atoms with E-state index >= 15 is 0 Å². The van der Waals surface area contributed by atoms with Crippen molar-refractivity contribution in [2.24, 2.45) is 5.92 Å². The predicted octanol–water partition coefficient (Wildman–Crippen LogP) is 1.63. The van der Waals surface area contributed by atoms with Crippen LogP contribution in [0.1, 0.15) is 28.8 Å². The number of pyridine rings is 1. The van der Waals surface area contributed by atoms with Crippen molar-refractivity contribution in [1.29, 1.82) is 5.26 Å². The Labute approximate surface area is 129 Å². The molecule has 0 radical (unpaired) electrons. The molecule has 5 nitrogen and oxygen atoms in total. The molecule has 5 heteroatoms. The smallest absolute Gasteiger partial charge is 0.253 e. The molecule has 0 aliphatic carbocycles. The molecule has 2 bridgehead atoms. The summed E-state index contributed by atoms with van der Waals surface area (Å²) in [6, 6.07) is 7.89. The summed E-state index contributed by atoms with van der Waals surface area (Å²) >= 11 is 0. The number of nitrogens with one attached hydrogen (secondary N) is 1.